The second kappa shape index (κ2) is 5.65. The molecule has 0 fully saturated rings. The average Bonchev–Trinajstić information content (AvgIpc) is 3.01. The van der Waals surface area contributed by atoms with Crippen molar-refractivity contribution in [3.05, 3.63) is 52.0 Å². The summed E-state index contributed by atoms with van der Waals surface area (Å²) in [6.45, 7) is 0.501. The molecular weight excluding hydrogens is 288 g/mol. The maximum atomic E-state index is 12.6. The highest BCUT2D eigenvalue weighted by molar-refractivity contribution is 7.10. The number of thiophene rings is 1. The monoisotopic (exact) mass is 302 g/mol. The predicted octanol–water partition coefficient (Wildman–Crippen LogP) is 2.06. The van der Waals surface area contributed by atoms with Gasteiger partial charge in [0.2, 0.25) is 0 Å². The van der Waals surface area contributed by atoms with Gasteiger partial charge in [-0.25, -0.2) is 4.79 Å². The van der Waals surface area contributed by atoms with Crippen LogP contribution in [-0.2, 0) is 16.0 Å². The largest absolute Gasteiger partial charge is 0.467 e. The molecule has 0 spiro atoms. The van der Waals surface area contributed by atoms with E-state index in [0.29, 0.717) is 12.1 Å². The van der Waals surface area contributed by atoms with E-state index in [1.807, 2.05) is 11.4 Å². The van der Waals surface area contributed by atoms with Gasteiger partial charge in [0.15, 0.2) is 6.04 Å². The molecule has 21 heavy (non-hydrogen) atoms. The summed E-state index contributed by atoms with van der Waals surface area (Å²) in [6.07, 6.45) is 3.88. The molecule has 2 aromatic heterocycles. The van der Waals surface area contributed by atoms with Crippen LogP contribution in [-0.4, -0.2) is 35.4 Å². The first-order valence-electron chi connectivity index (χ1n) is 6.57. The number of esters is 1. The number of ether oxygens (including phenoxy) is 1. The fraction of sp³-hybridized carbons (Fsp3) is 0.267. The smallest absolute Gasteiger partial charge is 0.333 e. The van der Waals surface area contributed by atoms with E-state index in [2.05, 4.69) is 4.98 Å². The molecule has 1 aliphatic rings. The number of fused-ring (bicyclic) bond motifs is 1. The molecule has 108 valence electrons. The van der Waals surface area contributed by atoms with Crippen LogP contribution in [0.25, 0.3) is 0 Å². The second-order valence-electron chi connectivity index (χ2n) is 4.72. The summed E-state index contributed by atoms with van der Waals surface area (Å²) in [7, 11) is 1.34. The van der Waals surface area contributed by atoms with Crippen LogP contribution in [0.5, 0.6) is 0 Å². The number of carbonyl (C=O) groups is 2. The van der Waals surface area contributed by atoms with E-state index in [9.17, 15) is 9.59 Å². The van der Waals surface area contributed by atoms with E-state index in [0.717, 1.165) is 16.9 Å². The first kappa shape index (κ1) is 13.8. The van der Waals surface area contributed by atoms with Crippen molar-refractivity contribution in [1.29, 1.82) is 0 Å². The molecule has 1 amide bonds. The Labute approximate surface area is 126 Å². The van der Waals surface area contributed by atoms with Crippen LogP contribution in [0.3, 0.4) is 0 Å². The Hall–Kier alpha value is -2.21. The van der Waals surface area contributed by atoms with E-state index in [1.165, 1.54) is 13.3 Å². The third-order valence-electron chi connectivity index (χ3n) is 3.56. The zero-order valence-corrected chi connectivity index (χ0v) is 12.3. The van der Waals surface area contributed by atoms with Gasteiger partial charge in [-0.15, -0.1) is 11.3 Å². The van der Waals surface area contributed by atoms with Crippen LogP contribution in [0, 0.1) is 0 Å². The number of methoxy groups -OCH3 is 1. The normalized spacial score (nSPS) is 17.2. The van der Waals surface area contributed by atoms with Gasteiger partial charge in [-0.1, -0.05) is 0 Å². The van der Waals surface area contributed by atoms with Gasteiger partial charge in [0, 0.05) is 23.8 Å². The van der Waals surface area contributed by atoms with Gasteiger partial charge in [-0.2, -0.15) is 0 Å². The zero-order valence-electron chi connectivity index (χ0n) is 11.5. The van der Waals surface area contributed by atoms with Crippen molar-refractivity contribution in [1.82, 2.24) is 9.88 Å². The average molecular weight is 302 g/mol. The lowest BCUT2D eigenvalue weighted by atomic mass is 9.99. The minimum atomic E-state index is -0.669. The minimum Gasteiger partial charge on any atom is -0.467 e. The van der Waals surface area contributed by atoms with E-state index >= 15 is 0 Å². The first-order chi connectivity index (χ1) is 10.2. The molecule has 0 saturated heterocycles. The van der Waals surface area contributed by atoms with E-state index in [-0.39, 0.29) is 5.91 Å². The molecule has 0 radical (unpaired) electrons. The molecule has 0 aromatic carbocycles. The standard InChI is InChI=1S/C15H14N2O3S/c1-20-15(19)13-11-5-8-21-12(11)4-7-17(13)14(18)10-3-2-6-16-9-10/h2-3,5-6,8-9,13H,4,7H2,1H3. The number of pyridine rings is 1. The number of carbonyl (C=O) groups excluding carboxylic acids is 2. The highest BCUT2D eigenvalue weighted by Gasteiger charge is 2.37. The molecule has 2 aromatic rings. The summed E-state index contributed by atoms with van der Waals surface area (Å²) in [5.74, 6) is -0.609. The highest BCUT2D eigenvalue weighted by atomic mass is 32.1. The SMILES string of the molecule is COC(=O)C1c2ccsc2CCN1C(=O)c1cccnc1. The molecule has 3 heterocycles. The van der Waals surface area contributed by atoms with E-state index in [4.69, 9.17) is 4.74 Å². The van der Waals surface area contributed by atoms with Crippen molar-refractivity contribution in [3.8, 4) is 0 Å². The molecular formula is C15H14N2O3S. The Morgan fingerprint density at radius 1 is 1.43 bits per heavy atom. The van der Waals surface area contributed by atoms with E-state index in [1.54, 1.807) is 34.6 Å². The third kappa shape index (κ3) is 2.42. The molecule has 0 saturated carbocycles. The lowest BCUT2D eigenvalue weighted by Crippen LogP contribution is -2.43. The summed E-state index contributed by atoms with van der Waals surface area (Å²) in [5.41, 5.74) is 1.35. The molecule has 1 atom stereocenters. The Morgan fingerprint density at radius 2 is 2.29 bits per heavy atom. The summed E-state index contributed by atoms with van der Waals surface area (Å²) in [4.78, 5) is 31.5. The molecule has 3 rings (SSSR count). The molecule has 1 unspecified atom stereocenters. The van der Waals surface area contributed by atoms with Crippen LogP contribution in [0.1, 0.15) is 26.8 Å². The lowest BCUT2D eigenvalue weighted by Gasteiger charge is -2.33. The number of hydrogen-bond acceptors (Lipinski definition) is 5. The Kier molecular flexibility index (Phi) is 3.70. The van der Waals surface area contributed by atoms with Gasteiger partial charge < -0.3 is 9.64 Å². The summed E-state index contributed by atoms with van der Waals surface area (Å²) in [5, 5.41) is 1.94. The van der Waals surface area contributed by atoms with Crippen LogP contribution < -0.4 is 0 Å². The number of amides is 1. The molecule has 1 aliphatic heterocycles. The number of rotatable bonds is 2. The van der Waals surface area contributed by atoms with Gasteiger partial charge in [0.25, 0.3) is 5.91 Å². The van der Waals surface area contributed by atoms with Crippen molar-refractivity contribution in [2.75, 3.05) is 13.7 Å². The van der Waals surface area contributed by atoms with Crippen LogP contribution >= 0.6 is 11.3 Å². The fourth-order valence-electron chi connectivity index (χ4n) is 2.56. The number of aromatic nitrogens is 1. The molecule has 0 N–H and O–H groups in total. The Balaban J connectivity index is 1.98. The Morgan fingerprint density at radius 3 is 3.00 bits per heavy atom. The van der Waals surface area contributed by atoms with Gasteiger partial charge >= 0.3 is 5.97 Å². The number of nitrogens with zero attached hydrogens (tertiary/aromatic N) is 2. The minimum absolute atomic E-state index is 0.199. The molecule has 0 aliphatic carbocycles. The summed E-state index contributed by atoms with van der Waals surface area (Å²) < 4.78 is 4.89. The lowest BCUT2D eigenvalue weighted by molar-refractivity contribution is -0.146. The molecule has 5 nitrogen and oxygen atoms in total. The van der Waals surface area contributed by atoms with Crippen molar-refractivity contribution in [2.45, 2.75) is 12.5 Å². The highest BCUT2D eigenvalue weighted by Crippen LogP contribution is 2.34. The van der Waals surface area contributed by atoms with Crippen LogP contribution in [0.4, 0.5) is 0 Å². The van der Waals surface area contributed by atoms with E-state index < -0.39 is 12.0 Å². The zero-order chi connectivity index (χ0) is 14.8. The second-order valence-corrected chi connectivity index (χ2v) is 5.72. The molecule has 6 heteroatoms. The maximum absolute atomic E-state index is 12.6. The predicted molar refractivity (Wildman–Crippen MR) is 78.1 cm³/mol. The summed E-state index contributed by atoms with van der Waals surface area (Å²) in [6, 6.07) is 4.63. The Bertz CT molecular complexity index is 669. The van der Waals surface area contributed by atoms with Gasteiger partial charge in [-0.3, -0.25) is 9.78 Å². The maximum Gasteiger partial charge on any atom is 0.333 e. The van der Waals surface area contributed by atoms with Gasteiger partial charge in [-0.05, 0) is 35.6 Å². The van der Waals surface area contributed by atoms with Crippen LogP contribution in [0.2, 0.25) is 0 Å². The first-order valence-corrected chi connectivity index (χ1v) is 7.45. The quantitative estimate of drug-likeness (QED) is 0.797. The number of hydrogen-bond donors (Lipinski definition) is 0. The van der Waals surface area contributed by atoms with Crippen molar-refractivity contribution in [3.63, 3.8) is 0 Å². The summed E-state index contributed by atoms with van der Waals surface area (Å²) >= 11 is 1.61. The third-order valence-corrected chi connectivity index (χ3v) is 4.56. The fourth-order valence-corrected chi connectivity index (χ4v) is 3.46. The van der Waals surface area contributed by atoms with Crippen molar-refractivity contribution < 1.29 is 14.3 Å². The molecule has 0 bridgehead atoms. The van der Waals surface area contributed by atoms with Gasteiger partial charge in [0.1, 0.15) is 0 Å². The van der Waals surface area contributed by atoms with Crippen molar-refractivity contribution >= 4 is 23.2 Å². The topological polar surface area (TPSA) is 59.5 Å². The van der Waals surface area contributed by atoms with Crippen LogP contribution in [0.15, 0.2) is 36.0 Å². The van der Waals surface area contributed by atoms with Gasteiger partial charge in [0.05, 0.1) is 12.7 Å². The van der Waals surface area contributed by atoms with Crippen molar-refractivity contribution in [2.24, 2.45) is 0 Å².